The van der Waals surface area contributed by atoms with Gasteiger partial charge in [0.25, 0.3) is 5.91 Å². The van der Waals surface area contributed by atoms with Crippen LogP contribution in [0, 0.1) is 0 Å². The van der Waals surface area contributed by atoms with Crippen LogP contribution in [0.1, 0.15) is 10.4 Å². The maximum atomic E-state index is 12.0. The molecule has 0 radical (unpaired) electrons. The third-order valence-electron chi connectivity index (χ3n) is 2.17. The Kier molecular flexibility index (Phi) is 5.01. The van der Waals surface area contributed by atoms with Gasteiger partial charge in [-0.25, -0.2) is 13.6 Å². The average molecular weight is 327 g/mol. The second kappa shape index (κ2) is 6.18. The zero-order valence-electron chi connectivity index (χ0n) is 10.5. The fraction of sp³-hybridized carbons (Fsp3) is 0.300. The molecule has 0 heterocycles. The molecule has 0 aliphatic rings. The number of amides is 1. The third kappa shape index (κ3) is 6.31. The SMILES string of the molecule is Nc1cc(C(=O)NCCS(N)(=O)=O)ccc1OC(F)(F)F. The summed E-state index contributed by atoms with van der Waals surface area (Å²) in [7, 11) is -3.72. The smallest absolute Gasteiger partial charge is 0.404 e. The van der Waals surface area contributed by atoms with Crippen molar-refractivity contribution in [1.82, 2.24) is 5.32 Å². The number of nitrogens with one attached hydrogen (secondary N) is 1. The van der Waals surface area contributed by atoms with Gasteiger partial charge in [0.05, 0.1) is 11.4 Å². The first-order valence-electron chi connectivity index (χ1n) is 5.42. The first-order chi connectivity index (χ1) is 9.48. The number of primary sulfonamides is 1. The van der Waals surface area contributed by atoms with Gasteiger partial charge in [-0.1, -0.05) is 0 Å². The molecule has 11 heteroatoms. The van der Waals surface area contributed by atoms with Gasteiger partial charge in [-0.2, -0.15) is 0 Å². The van der Waals surface area contributed by atoms with Gasteiger partial charge in [-0.3, -0.25) is 4.79 Å². The zero-order chi connectivity index (χ0) is 16.3. The molecule has 7 nitrogen and oxygen atoms in total. The first kappa shape index (κ1) is 17.0. The molecule has 21 heavy (non-hydrogen) atoms. The summed E-state index contributed by atoms with van der Waals surface area (Å²) in [6.07, 6.45) is -4.90. The number of hydrogen-bond donors (Lipinski definition) is 3. The van der Waals surface area contributed by atoms with Crippen LogP contribution in [0.25, 0.3) is 0 Å². The minimum Gasteiger partial charge on any atom is -0.404 e. The van der Waals surface area contributed by atoms with E-state index in [0.29, 0.717) is 0 Å². The largest absolute Gasteiger partial charge is 0.573 e. The molecular weight excluding hydrogens is 315 g/mol. The maximum Gasteiger partial charge on any atom is 0.573 e. The Hall–Kier alpha value is -2.01. The van der Waals surface area contributed by atoms with Gasteiger partial charge in [0.1, 0.15) is 0 Å². The molecule has 0 aliphatic heterocycles. The van der Waals surface area contributed by atoms with Crippen LogP contribution in [-0.4, -0.2) is 33.0 Å². The van der Waals surface area contributed by atoms with Crippen LogP contribution < -0.4 is 20.9 Å². The monoisotopic (exact) mass is 327 g/mol. The van der Waals surface area contributed by atoms with Crippen LogP contribution in [0.15, 0.2) is 18.2 Å². The molecular formula is C10H12F3N3O4S. The van der Waals surface area contributed by atoms with E-state index >= 15 is 0 Å². The second-order valence-corrected chi connectivity index (χ2v) is 5.66. The summed E-state index contributed by atoms with van der Waals surface area (Å²) in [6.45, 7) is -0.238. The molecule has 5 N–H and O–H groups in total. The topological polar surface area (TPSA) is 125 Å². The fourth-order valence-electron chi connectivity index (χ4n) is 1.32. The number of rotatable bonds is 5. The lowest BCUT2D eigenvalue weighted by Crippen LogP contribution is -2.31. The van der Waals surface area contributed by atoms with E-state index in [1.54, 1.807) is 0 Å². The van der Waals surface area contributed by atoms with Crippen molar-refractivity contribution in [3.8, 4) is 5.75 Å². The minimum absolute atomic E-state index is 0.0450. The highest BCUT2D eigenvalue weighted by molar-refractivity contribution is 7.89. The van der Waals surface area contributed by atoms with Crippen molar-refractivity contribution in [3.05, 3.63) is 23.8 Å². The molecule has 0 spiro atoms. The number of hydrogen-bond acceptors (Lipinski definition) is 5. The number of carbonyl (C=O) groups is 1. The highest BCUT2D eigenvalue weighted by Gasteiger charge is 2.32. The van der Waals surface area contributed by atoms with Crippen molar-refractivity contribution in [2.45, 2.75) is 6.36 Å². The summed E-state index contributed by atoms with van der Waals surface area (Å²) in [5, 5.41) is 6.97. The van der Waals surface area contributed by atoms with Gasteiger partial charge in [0, 0.05) is 12.1 Å². The number of sulfonamides is 1. The lowest BCUT2D eigenvalue weighted by molar-refractivity contribution is -0.274. The van der Waals surface area contributed by atoms with Gasteiger partial charge in [-0.15, -0.1) is 13.2 Å². The van der Waals surface area contributed by atoms with E-state index in [9.17, 15) is 26.4 Å². The van der Waals surface area contributed by atoms with Crippen molar-refractivity contribution >= 4 is 21.6 Å². The van der Waals surface area contributed by atoms with Crippen molar-refractivity contribution in [2.75, 3.05) is 18.0 Å². The summed E-state index contributed by atoms with van der Waals surface area (Å²) in [5.41, 5.74) is 4.92. The average Bonchev–Trinajstić information content (AvgIpc) is 2.28. The molecule has 1 aromatic rings. The van der Waals surface area contributed by atoms with E-state index in [2.05, 4.69) is 10.1 Å². The highest BCUT2D eigenvalue weighted by Crippen LogP contribution is 2.28. The van der Waals surface area contributed by atoms with Crippen molar-refractivity contribution in [2.24, 2.45) is 5.14 Å². The molecule has 1 amide bonds. The molecule has 118 valence electrons. The number of ether oxygens (including phenoxy) is 1. The van der Waals surface area contributed by atoms with E-state index in [1.165, 1.54) is 0 Å². The van der Waals surface area contributed by atoms with E-state index in [1.807, 2.05) is 0 Å². The van der Waals surface area contributed by atoms with Gasteiger partial charge in [-0.05, 0) is 18.2 Å². The van der Waals surface area contributed by atoms with Gasteiger partial charge in [0.15, 0.2) is 5.75 Å². The summed E-state index contributed by atoms with van der Waals surface area (Å²) in [4.78, 5) is 11.6. The van der Waals surface area contributed by atoms with Crippen LogP contribution in [0.2, 0.25) is 0 Å². The van der Waals surface area contributed by atoms with E-state index in [0.717, 1.165) is 18.2 Å². The van der Waals surface area contributed by atoms with Crippen molar-refractivity contribution in [3.63, 3.8) is 0 Å². The Labute approximate surface area is 118 Å². The molecule has 0 fully saturated rings. The number of anilines is 1. The lowest BCUT2D eigenvalue weighted by Gasteiger charge is -2.12. The zero-order valence-corrected chi connectivity index (χ0v) is 11.3. The Morgan fingerprint density at radius 3 is 2.43 bits per heavy atom. The number of halogens is 3. The third-order valence-corrected chi connectivity index (χ3v) is 2.94. The van der Waals surface area contributed by atoms with Crippen LogP contribution in [0.4, 0.5) is 18.9 Å². The molecule has 1 rings (SSSR count). The molecule has 0 bridgehead atoms. The Balaban J connectivity index is 2.72. The van der Waals surface area contributed by atoms with Crippen LogP contribution >= 0.6 is 0 Å². The maximum absolute atomic E-state index is 12.0. The normalized spacial score (nSPS) is 12.0. The number of carbonyl (C=O) groups excluding carboxylic acids is 1. The van der Waals surface area contributed by atoms with Gasteiger partial charge < -0.3 is 15.8 Å². The molecule has 0 aromatic heterocycles. The summed E-state index contributed by atoms with van der Waals surface area (Å²) in [5.74, 6) is -1.81. The lowest BCUT2D eigenvalue weighted by atomic mass is 10.2. The Morgan fingerprint density at radius 1 is 1.33 bits per heavy atom. The highest BCUT2D eigenvalue weighted by atomic mass is 32.2. The first-order valence-corrected chi connectivity index (χ1v) is 7.13. The van der Waals surface area contributed by atoms with E-state index in [-0.39, 0.29) is 17.8 Å². The van der Waals surface area contributed by atoms with Crippen LogP contribution in [-0.2, 0) is 10.0 Å². The van der Waals surface area contributed by atoms with Crippen molar-refractivity contribution in [1.29, 1.82) is 0 Å². The molecule has 0 saturated carbocycles. The number of benzene rings is 1. The summed E-state index contributed by atoms with van der Waals surface area (Å²) in [6, 6.07) is 2.93. The van der Waals surface area contributed by atoms with E-state index in [4.69, 9.17) is 10.9 Å². The van der Waals surface area contributed by atoms with Crippen molar-refractivity contribution < 1.29 is 31.1 Å². The van der Waals surface area contributed by atoms with E-state index < -0.39 is 33.8 Å². The van der Waals surface area contributed by atoms with Crippen LogP contribution in [0.5, 0.6) is 5.75 Å². The molecule has 1 aromatic carbocycles. The fourth-order valence-corrected chi connectivity index (χ4v) is 1.70. The quantitative estimate of drug-likeness (QED) is 0.666. The summed E-state index contributed by atoms with van der Waals surface area (Å²) >= 11 is 0. The number of nitrogens with two attached hydrogens (primary N) is 2. The molecule has 0 aliphatic carbocycles. The Bertz CT molecular complexity index is 631. The summed E-state index contributed by atoms with van der Waals surface area (Å²) < 4.78 is 61.1. The second-order valence-electron chi connectivity index (χ2n) is 3.92. The number of alkyl halides is 3. The minimum atomic E-state index is -4.90. The van der Waals surface area contributed by atoms with Gasteiger partial charge in [0.2, 0.25) is 10.0 Å². The van der Waals surface area contributed by atoms with Gasteiger partial charge >= 0.3 is 6.36 Å². The predicted molar refractivity (Wildman–Crippen MR) is 67.8 cm³/mol. The predicted octanol–water partition coefficient (Wildman–Crippen LogP) is 0.186. The standard InChI is InChI=1S/C10H12F3N3O4S/c11-10(12,13)20-8-2-1-6(5-7(8)14)9(17)16-3-4-21(15,18)19/h1-2,5H,3-4,14H2,(H,16,17)(H2,15,18,19). The molecule has 0 atom stereocenters. The number of nitrogen functional groups attached to an aromatic ring is 1. The Morgan fingerprint density at radius 2 is 1.95 bits per heavy atom. The molecule has 0 saturated heterocycles. The molecule has 0 unspecified atom stereocenters. The van der Waals surface area contributed by atoms with Crippen LogP contribution in [0.3, 0.4) is 0 Å².